The number of rotatable bonds is 6. The van der Waals surface area contributed by atoms with Gasteiger partial charge in [0, 0.05) is 13.1 Å². The third kappa shape index (κ3) is 4.09. The van der Waals surface area contributed by atoms with Crippen molar-refractivity contribution in [1.82, 2.24) is 9.78 Å². The van der Waals surface area contributed by atoms with Crippen LogP contribution in [0.25, 0.3) is 0 Å². The Hall–Kier alpha value is -0.840. The van der Waals surface area contributed by atoms with Gasteiger partial charge in [0.1, 0.15) is 4.47 Å². The Balaban J connectivity index is 1.54. The van der Waals surface area contributed by atoms with Gasteiger partial charge in [-0.25, -0.2) is 4.68 Å². The molecule has 0 spiro atoms. The van der Waals surface area contributed by atoms with Crippen molar-refractivity contribution >= 4 is 21.6 Å². The minimum atomic E-state index is -0.00966. The van der Waals surface area contributed by atoms with Crippen molar-refractivity contribution in [2.24, 2.45) is 11.8 Å². The van der Waals surface area contributed by atoms with Gasteiger partial charge < -0.3 is 5.32 Å². The van der Waals surface area contributed by atoms with Crippen LogP contribution in [0.1, 0.15) is 51.4 Å². The van der Waals surface area contributed by atoms with Gasteiger partial charge in [0.05, 0.1) is 11.9 Å². The standard InChI is InChI=1S/C16H24BrN3O/c17-15-14(18-9-8-12-4-2-1-3-5-12)10-19-20(16(15)21)11-13-6-7-13/h10,12-13,18H,1-9,11H2. The second-order valence-corrected chi connectivity index (χ2v) is 7.32. The summed E-state index contributed by atoms with van der Waals surface area (Å²) in [5.41, 5.74) is 0.826. The predicted molar refractivity (Wildman–Crippen MR) is 88.6 cm³/mol. The van der Waals surface area contributed by atoms with Crippen molar-refractivity contribution < 1.29 is 0 Å². The molecule has 0 aliphatic heterocycles. The zero-order chi connectivity index (χ0) is 14.7. The molecule has 0 bridgehead atoms. The first-order chi connectivity index (χ1) is 10.2. The van der Waals surface area contributed by atoms with Crippen LogP contribution in [0, 0.1) is 11.8 Å². The van der Waals surface area contributed by atoms with Crippen LogP contribution in [0.2, 0.25) is 0 Å². The first-order valence-electron chi connectivity index (χ1n) is 8.23. The highest BCUT2D eigenvalue weighted by Gasteiger charge is 2.23. The van der Waals surface area contributed by atoms with Crippen LogP contribution in [0.5, 0.6) is 0 Å². The van der Waals surface area contributed by atoms with Crippen molar-refractivity contribution in [3.63, 3.8) is 0 Å². The van der Waals surface area contributed by atoms with E-state index in [0.29, 0.717) is 10.4 Å². The van der Waals surface area contributed by atoms with Crippen LogP contribution in [-0.4, -0.2) is 16.3 Å². The molecule has 3 rings (SSSR count). The molecule has 0 unspecified atom stereocenters. The van der Waals surface area contributed by atoms with E-state index in [2.05, 4.69) is 26.3 Å². The van der Waals surface area contributed by atoms with Crippen LogP contribution in [0.15, 0.2) is 15.5 Å². The molecule has 0 aromatic carbocycles. The van der Waals surface area contributed by atoms with Gasteiger partial charge in [-0.2, -0.15) is 5.10 Å². The Labute approximate surface area is 134 Å². The van der Waals surface area contributed by atoms with E-state index < -0.39 is 0 Å². The molecule has 2 aliphatic carbocycles. The lowest BCUT2D eigenvalue weighted by Gasteiger charge is -2.21. The Kier molecular flexibility index (Phi) is 4.99. The summed E-state index contributed by atoms with van der Waals surface area (Å²) in [7, 11) is 0. The normalized spacial score (nSPS) is 19.7. The van der Waals surface area contributed by atoms with Gasteiger partial charge in [-0.15, -0.1) is 0 Å². The lowest BCUT2D eigenvalue weighted by atomic mass is 9.87. The molecule has 1 aromatic heterocycles. The highest BCUT2D eigenvalue weighted by atomic mass is 79.9. The molecule has 0 saturated heterocycles. The molecule has 1 N–H and O–H groups in total. The second-order valence-electron chi connectivity index (χ2n) is 6.52. The van der Waals surface area contributed by atoms with Gasteiger partial charge >= 0.3 is 0 Å². The van der Waals surface area contributed by atoms with Gasteiger partial charge in [0.15, 0.2) is 0 Å². The van der Waals surface area contributed by atoms with E-state index in [-0.39, 0.29) is 5.56 Å². The average molecular weight is 354 g/mol. The Morgan fingerprint density at radius 1 is 1.19 bits per heavy atom. The number of nitrogens with zero attached hydrogens (tertiary/aromatic N) is 2. The maximum Gasteiger partial charge on any atom is 0.283 e. The number of aromatic nitrogens is 2. The quantitative estimate of drug-likeness (QED) is 0.845. The summed E-state index contributed by atoms with van der Waals surface area (Å²) < 4.78 is 2.22. The summed E-state index contributed by atoms with van der Waals surface area (Å²) in [6.45, 7) is 1.69. The predicted octanol–water partition coefficient (Wildman–Crippen LogP) is 3.80. The topological polar surface area (TPSA) is 46.9 Å². The summed E-state index contributed by atoms with van der Waals surface area (Å²) >= 11 is 3.43. The fourth-order valence-electron chi connectivity index (χ4n) is 3.15. The van der Waals surface area contributed by atoms with E-state index in [1.54, 1.807) is 10.9 Å². The Bertz CT molecular complexity index is 533. The third-order valence-corrected chi connectivity index (χ3v) is 5.47. The number of hydrogen-bond donors (Lipinski definition) is 1. The van der Waals surface area contributed by atoms with Crippen molar-refractivity contribution in [2.45, 2.75) is 57.9 Å². The number of halogens is 1. The Morgan fingerprint density at radius 3 is 2.67 bits per heavy atom. The van der Waals surface area contributed by atoms with E-state index in [0.717, 1.165) is 24.7 Å². The number of anilines is 1. The fraction of sp³-hybridized carbons (Fsp3) is 0.750. The highest BCUT2D eigenvalue weighted by Crippen LogP contribution is 2.30. The van der Waals surface area contributed by atoms with E-state index in [1.165, 1.54) is 51.4 Å². The molecule has 1 heterocycles. The summed E-state index contributed by atoms with van der Waals surface area (Å²) in [4.78, 5) is 12.2. The minimum absolute atomic E-state index is 0.00966. The molecular weight excluding hydrogens is 330 g/mol. The monoisotopic (exact) mass is 353 g/mol. The molecule has 116 valence electrons. The van der Waals surface area contributed by atoms with E-state index in [1.807, 2.05) is 0 Å². The molecule has 2 fully saturated rings. The second kappa shape index (κ2) is 6.95. The molecule has 2 saturated carbocycles. The zero-order valence-electron chi connectivity index (χ0n) is 12.5. The van der Waals surface area contributed by atoms with Gasteiger partial charge in [0.2, 0.25) is 0 Å². The van der Waals surface area contributed by atoms with Crippen molar-refractivity contribution in [3.05, 3.63) is 21.0 Å². The SMILES string of the molecule is O=c1c(Br)c(NCCC2CCCCC2)cnn1CC1CC1. The minimum Gasteiger partial charge on any atom is -0.383 e. The highest BCUT2D eigenvalue weighted by molar-refractivity contribution is 9.10. The molecule has 1 aromatic rings. The van der Waals surface area contributed by atoms with Crippen LogP contribution in [0.4, 0.5) is 5.69 Å². The summed E-state index contributed by atoms with van der Waals surface area (Å²) in [6.07, 6.45) is 12.3. The number of hydrogen-bond acceptors (Lipinski definition) is 3. The van der Waals surface area contributed by atoms with Crippen LogP contribution >= 0.6 is 15.9 Å². The molecule has 0 radical (unpaired) electrons. The average Bonchev–Trinajstić information content (AvgIpc) is 3.31. The van der Waals surface area contributed by atoms with E-state index >= 15 is 0 Å². The molecule has 0 amide bonds. The molecular formula is C16H24BrN3O. The summed E-state index contributed by atoms with van der Waals surface area (Å²) in [5, 5.41) is 7.67. The first kappa shape index (κ1) is 15.1. The zero-order valence-corrected chi connectivity index (χ0v) is 14.1. The lowest BCUT2D eigenvalue weighted by Crippen LogP contribution is -2.25. The molecule has 2 aliphatic rings. The molecule has 4 nitrogen and oxygen atoms in total. The van der Waals surface area contributed by atoms with Gasteiger partial charge in [0.25, 0.3) is 5.56 Å². The fourth-order valence-corrected chi connectivity index (χ4v) is 3.60. The van der Waals surface area contributed by atoms with Crippen LogP contribution < -0.4 is 10.9 Å². The number of nitrogens with one attached hydrogen (secondary N) is 1. The van der Waals surface area contributed by atoms with Gasteiger partial charge in [-0.1, -0.05) is 32.1 Å². The first-order valence-corrected chi connectivity index (χ1v) is 9.03. The lowest BCUT2D eigenvalue weighted by molar-refractivity contribution is 0.345. The van der Waals surface area contributed by atoms with Crippen molar-refractivity contribution in [2.75, 3.05) is 11.9 Å². The van der Waals surface area contributed by atoms with Crippen molar-refractivity contribution in [3.8, 4) is 0 Å². The largest absolute Gasteiger partial charge is 0.383 e. The maximum absolute atomic E-state index is 12.2. The van der Waals surface area contributed by atoms with E-state index in [9.17, 15) is 4.79 Å². The van der Waals surface area contributed by atoms with Crippen LogP contribution in [-0.2, 0) is 6.54 Å². The Morgan fingerprint density at radius 2 is 1.95 bits per heavy atom. The van der Waals surface area contributed by atoms with Crippen LogP contribution in [0.3, 0.4) is 0 Å². The van der Waals surface area contributed by atoms with E-state index in [4.69, 9.17) is 0 Å². The molecule has 0 atom stereocenters. The van der Waals surface area contributed by atoms with Crippen molar-refractivity contribution in [1.29, 1.82) is 0 Å². The third-order valence-electron chi connectivity index (χ3n) is 4.71. The maximum atomic E-state index is 12.2. The summed E-state index contributed by atoms with van der Waals surface area (Å²) in [5.74, 6) is 1.51. The smallest absolute Gasteiger partial charge is 0.283 e. The van der Waals surface area contributed by atoms with Gasteiger partial charge in [-0.3, -0.25) is 4.79 Å². The molecule has 21 heavy (non-hydrogen) atoms. The molecule has 5 heteroatoms. The summed E-state index contributed by atoms with van der Waals surface area (Å²) in [6, 6.07) is 0. The van der Waals surface area contributed by atoms with Gasteiger partial charge in [-0.05, 0) is 47.0 Å².